The first kappa shape index (κ1) is 18.7. The van der Waals surface area contributed by atoms with E-state index in [2.05, 4.69) is 37.1 Å². The van der Waals surface area contributed by atoms with Crippen LogP contribution in [0.3, 0.4) is 0 Å². The second kappa shape index (κ2) is 8.09. The number of nitrogens with zero attached hydrogens (tertiary/aromatic N) is 1. The molecule has 1 aliphatic carbocycles. The number of phenols is 1. The van der Waals surface area contributed by atoms with Crippen molar-refractivity contribution in [2.24, 2.45) is 5.92 Å². The molecule has 0 spiro atoms. The lowest BCUT2D eigenvalue weighted by atomic mass is 9.68. The number of likely N-dealkylation sites (tertiary alicyclic amines) is 1. The molecule has 1 saturated carbocycles. The van der Waals surface area contributed by atoms with Crippen LogP contribution in [0.4, 0.5) is 0 Å². The van der Waals surface area contributed by atoms with Gasteiger partial charge in [-0.3, -0.25) is 4.90 Å². The molecule has 1 aliphatic heterocycles. The summed E-state index contributed by atoms with van der Waals surface area (Å²) in [6.45, 7) is 10.5. The van der Waals surface area contributed by atoms with Crippen LogP contribution in [0, 0.1) is 5.92 Å². The SMILES string of the molecule is CC(CNC1CCCCC1)N1CCC(C)(c2cccc(O)c2)C(C)C1. The van der Waals surface area contributed by atoms with Crippen molar-refractivity contribution in [3.63, 3.8) is 0 Å². The molecule has 1 aromatic carbocycles. The molecule has 1 heterocycles. The minimum Gasteiger partial charge on any atom is -0.508 e. The van der Waals surface area contributed by atoms with E-state index in [4.69, 9.17) is 0 Å². The van der Waals surface area contributed by atoms with E-state index in [1.807, 2.05) is 12.1 Å². The highest BCUT2D eigenvalue weighted by atomic mass is 16.3. The zero-order valence-electron chi connectivity index (χ0n) is 16.3. The average Bonchev–Trinajstić information content (AvgIpc) is 2.63. The molecule has 3 unspecified atom stereocenters. The lowest BCUT2D eigenvalue weighted by molar-refractivity contribution is 0.0787. The Kier molecular flexibility index (Phi) is 6.06. The summed E-state index contributed by atoms with van der Waals surface area (Å²) in [5.41, 5.74) is 1.44. The number of aromatic hydroxyl groups is 1. The summed E-state index contributed by atoms with van der Waals surface area (Å²) in [6, 6.07) is 9.23. The molecular weight excluding hydrogens is 308 g/mol. The Balaban J connectivity index is 1.55. The van der Waals surface area contributed by atoms with Crippen molar-refractivity contribution in [3.05, 3.63) is 29.8 Å². The first-order chi connectivity index (χ1) is 12.0. The molecule has 3 rings (SSSR count). The van der Waals surface area contributed by atoms with Crippen molar-refractivity contribution >= 4 is 0 Å². The third-order valence-corrected chi connectivity index (χ3v) is 6.95. The summed E-state index contributed by atoms with van der Waals surface area (Å²) in [6.07, 6.45) is 8.10. The van der Waals surface area contributed by atoms with Gasteiger partial charge in [-0.15, -0.1) is 0 Å². The first-order valence-electron chi connectivity index (χ1n) is 10.3. The van der Waals surface area contributed by atoms with Gasteiger partial charge in [0.2, 0.25) is 0 Å². The molecule has 0 radical (unpaired) electrons. The third kappa shape index (κ3) is 4.38. The van der Waals surface area contributed by atoms with Gasteiger partial charge in [-0.1, -0.05) is 45.2 Å². The van der Waals surface area contributed by atoms with E-state index in [0.717, 1.165) is 32.1 Å². The van der Waals surface area contributed by atoms with E-state index >= 15 is 0 Å². The maximum atomic E-state index is 9.86. The van der Waals surface area contributed by atoms with Crippen molar-refractivity contribution in [1.82, 2.24) is 10.2 Å². The van der Waals surface area contributed by atoms with Gasteiger partial charge in [-0.25, -0.2) is 0 Å². The molecular formula is C22H36N2O. The molecule has 2 fully saturated rings. The number of benzene rings is 1. The van der Waals surface area contributed by atoms with Gasteiger partial charge in [-0.05, 0) is 61.8 Å². The van der Waals surface area contributed by atoms with Gasteiger partial charge >= 0.3 is 0 Å². The highest BCUT2D eigenvalue weighted by Crippen LogP contribution is 2.40. The van der Waals surface area contributed by atoms with E-state index in [0.29, 0.717) is 17.7 Å². The highest BCUT2D eigenvalue weighted by Gasteiger charge is 2.39. The number of rotatable bonds is 5. The number of phenolic OH excluding ortho intramolecular Hbond substituents is 1. The summed E-state index contributed by atoms with van der Waals surface area (Å²) in [4.78, 5) is 2.66. The second-order valence-corrected chi connectivity index (χ2v) is 8.71. The average molecular weight is 345 g/mol. The monoisotopic (exact) mass is 344 g/mol. The Morgan fingerprint density at radius 3 is 2.72 bits per heavy atom. The molecule has 25 heavy (non-hydrogen) atoms. The van der Waals surface area contributed by atoms with Crippen molar-refractivity contribution < 1.29 is 5.11 Å². The third-order valence-electron chi connectivity index (χ3n) is 6.95. The van der Waals surface area contributed by atoms with Crippen LogP contribution in [0.1, 0.15) is 64.9 Å². The van der Waals surface area contributed by atoms with Crippen molar-refractivity contribution in [3.8, 4) is 5.75 Å². The summed E-state index contributed by atoms with van der Waals surface area (Å²) in [5.74, 6) is 0.971. The predicted molar refractivity (Wildman–Crippen MR) is 105 cm³/mol. The fourth-order valence-corrected chi connectivity index (χ4v) is 4.73. The minimum atomic E-state index is 0.158. The van der Waals surface area contributed by atoms with Crippen LogP contribution in [0.5, 0.6) is 5.75 Å². The van der Waals surface area contributed by atoms with Crippen LogP contribution in [0.25, 0.3) is 0 Å². The zero-order valence-corrected chi connectivity index (χ0v) is 16.3. The molecule has 3 heteroatoms. The van der Waals surface area contributed by atoms with Crippen molar-refractivity contribution in [2.45, 2.75) is 76.8 Å². The molecule has 0 amide bonds. The smallest absolute Gasteiger partial charge is 0.115 e. The summed E-state index contributed by atoms with van der Waals surface area (Å²) >= 11 is 0. The molecule has 1 saturated heterocycles. The van der Waals surface area contributed by atoms with Gasteiger partial charge in [0.25, 0.3) is 0 Å². The van der Waals surface area contributed by atoms with E-state index < -0.39 is 0 Å². The van der Waals surface area contributed by atoms with Gasteiger partial charge in [0.1, 0.15) is 5.75 Å². The maximum absolute atomic E-state index is 9.86. The molecule has 0 bridgehead atoms. The fraction of sp³-hybridized carbons (Fsp3) is 0.727. The first-order valence-corrected chi connectivity index (χ1v) is 10.3. The lowest BCUT2D eigenvalue weighted by Crippen LogP contribution is -2.53. The summed E-state index contributed by atoms with van der Waals surface area (Å²) < 4.78 is 0. The van der Waals surface area contributed by atoms with Crippen LogP contribution in [-0.2, 0) is 5.41 Å². The number of nitrogens with one attached hydrogen (secondary N) is 1. The summed E-state index contributed by atoms with van der Waals surface area (Å²) in [5, 5.41) is 13.7. The molecule has 0 aromatic heterocycles. The van der Waals surface area contributed by atoms with Crippen LogP contribution in [-0.4, -0.2) is 41.7 Å². The molecule has 2 aliphatic rings. The van der Waals surface area contributed by atoms with Crippen LogP contribution >= 0.6 is 0 Å². The van der Waals surface area contributed by atoms with Gasteiger partial charge in [-0.2, -0.15) is 0 Å². The molecule has 3 atom stereocenters. The Morgan fingerprint density at radius 1 is 1.28 bits per heavy atom. The maximum Gasteiger partial charge on any atom is 0.115 e. The Hall–Kier alpha value is -1.06. The van der Waals surface area contributed by atoms with Gasteiger partial charge in [0, 0.05) is 25.2 Å². The minimum absolute atomic E-state index is 0.158. The molecule has 2 N–H and O–H groups in total. The number of piperidine rings is 1. The van der Waals surface area contributed by atoms with E-state index in [1.54, 1.807) is 6.07 Å². The van der Waals surface area contributed by atoms with Crippen LogP contribution in [0.2, 0.25) is 0 Å². The van der Waals surface area contributed by atoms with Crippen molar-refractivity contribution in [2.75, 3.05) is 19.6 Å². The van der Waals surface area contributed by atoms with E-state index in [-0.39, 0.29) is 5.41 Å². The van der Waals surface area contributed by atoms with Gasteiger partial charge < -0.3 is 10.4 Å². The quantitative estimate of drug-likeness (QED) is 0.836. The number of hydrogen-bond donors (Lipinski definition) is 2. The Morgan fingerprint density at radius 2 is 2.04 bits per heavy atom. The van der Waals surface area contributed by atoms with E-state index in [1.165, 1.54) is 37.7 Å². The lowest BCUT2D eigenvalue weighted by Gasteiger charge is -2.47. The molecule has 3 nitrogen and oxygen atoms in total. The normalized spacial score (nSPS) is 30.3. The largest absolute Gasteiger partial charge is 0.508 e. The van der Waals surface area contributed by atoms with Crippen molar-refractivity contribution in [1.29, 1.82) is 0 Å². The van der Waals surface area contributed by atoms with Gasteiger partial charge in [0.05, 0.1) is 0 Å². The van der Waals surface area contributed by atoms with E-state index in [9.17, 15) is 5.11 Å². The summed E-state index contributed by atoms with van der Waals surface area (Å²) in [7, 11) is 0. The standard InChI is InChI=1S/C22H36N2O/c1-17-16-24(18(2)15-23-20-9-5-4-6-10-20)13-12-22(17,3)19-8-7-11-21(25)14-19/h7-8,11,14,17-18,20,23,25H,4-6,9-10,12-13,15-16H2,1-3H3. The number of hydrogen-bond acceptors (Lipinski definition) is 3. The Bertz CT molecular complexity index is 555. The molecule has 1 aromatic rings. The fourth-order valence-electron chi connectivity index (χ4n) is 4.73. The van der Waals surface area contributed by atoms with Crippen LogP contribution in [0.15, 0.2) is 24.3 Å². The van der Waals surface area contributed by atoms with Gasteiger partial charge in [0.15, 0.2) is 0 Å². The predicted octanol–water partition coefficient (Wildman–Crippen LogP) is 4.30. The second-order valence-electron chi connectivity index (χ2n) is 8.71. The molecule has 140 valence electrons. The highest BCUT2D eigenvalue weighted by molar-refractivity contribution is 5.33. The Labute approximate surface area is 153 Å². The van der Waals surface area contributed by atoms with Crippen LogP contribution < -0.4 is 5.32 Å². The zero-order chi connectivity index (χ0) is 17.9. The topological polar surface area (TPSA) is 35.5 Å².